The smallest absolute Gasteiger partial charge is 0.257 e. The lowest BCUT2D eigenvalue weighted by molar-refractivity contribution is 0.102. The van der Waals surface area contributed by atoms with E-state index >= 15 is 0 Å². The molecule has 0 fully saturated rings. The number of rotatable bonds is 3. The molecule has 1 aromatic carbocycles. The Bertz CT molecular complexity index is 652. The Hall–Kier alpha value is -2.61. The van der Waals surface area contributed by atoms with Gasteiger partial charge in [0.15, 0.2) is 5.82 Å². The fraction of sp³-hybridized carbons (Fsp3) is 0.214. The summed E-state index contributed by atoms with van der Waals surface area (Å²) in [6.45, 7) is 4.00. The van der Waals surface area contributed by atoms with Crippen LogP contribution >= 0.6 is 0 Å². The van der Waals surface area contributed by atoms with E-state index in [4.69, 9.17) is 5.26 Å². The number of hydrogen-bond acceptors (Lipinski definition) is 3. The van der Waals surface area contributed by atoms with Crippen molar-refractivity contribution in [3.63, 3.8) is 0 Å². The van der Waals surface area contributed by atoms with Gasteiger partial charge in [-0.2, -0.15) is 10.4 Å². The minimum Gasteiger partial charge on any atom is -0.305 e. The van der Waals surface area contributed by atoms with E-state index in [9.17, 15) is 4.79 Å². The molecule has 5 nitrogen and oxygen atoms in total. The van der Waals surface area contributed by atoms with Gasteiger partial charge in [-0.1, -0.05) is 17.7 Å². The van der Waals surface area contributed by atoms with Crippen molar-refractivity contribution < 1.29 is 4.79 Å². The van der Waals surface area contributed by atoms with Crippen LogP contribution in [0.3, 0.4) is 0 Å². The molecule has 1 N–H and O–H groups in total. The first-order valence-corrected chi connectivity index (χ1v) is 5.89. The molecule has 0 aliphatic carbocycles. The molecule has 0 unspecified atom stereocenters. The number of amides is 1. The monoisotopic (exact) mass is 254 g/mol. The summed E-state index contributed by atoms with van der Waals surface area (Å²) in [5.74, 6) is 0.254. The van der Waals surface area contributed by atoms with Gasteiger partial charge in [0, 0.05) is 17.8 Å². The summed E-state index contributed by atoms with van der Waals surface area (Å²) in [5, 5.41) is 15.4. The zero-order valence-electron chi connectivity index (χ0n) is 10.8. The van der Waals surface area contributed by atoms with Crippen molar-refractivity contribution in [3.8, 4) is 6.07 Å². The van der Waals surface area contributed by atoms with Gasteiger partial charge in [0.05, 0.1) is 6.07 Å². The molecule has 19 heavy (non-hydrogen) atoms. The summed E-state index contributed by atoms with van der Waals surface area (Å²) in [4.78, 5) is 12.1. The molecule has 0 atom stereocenters. The first kappa shape index (κ1) is 12.8. The molecule has 96 valence electrons. The minimum absolute atomic E-state index is 0.166. The quantitative estimate of drug-likeness (QED) is 0.913. The molecule has 2 rings (SSSR count). The second-order valence-corrected chi connectivity index (χ2v) is 4.33. The van der Waals surface area contributed by atoms with Crippen LogP contribution in [0.5, 0.6) is 0 Å². The topological polar surface area (TPSA) is 70.7 Å². The Labute approximate surface area is 111 Å². The molecule has 1 amide bonds. The summed E-state index contributed by atoms with van der Waals surface area (Å²) in [6, 6.07) is 9.38. The Morgan fingerprint density at radius 3 is 2.95 bits per heavy atom. The van der Waals surface area contributed by atoms with Gasteiger partial charge < -0.3 is 5.32 Å². The minimum atomic E-state index is -0.191. The van der Waals surface area contributed by atoms with E-state index < -0.39 is 0 Å². The Morgan fingerprint density at radius 2 is 2.21 bits per heavy atom. The van der Waals surface area contributed by atoms with E-state index in [0.717, 1.165) is 11.1 Å². The largest absolute Gasteiger partial charge is 0.305 e. The number of benzene rings is 1. The maximum absolute atomic E-state index is 12.1. The van der Waals surface area contributed by atoms with Crippen molar-refractivity contribution in [1.29, 1.82) is 5.26 Å². The van der Waals surface area contributed by atoms with Crippen molar-refractivity contribution >= 4 is 11.7 Å². The Balaban J connectivity index is 2.16. The molecule has 1 aromatic heterocycles. The maximum Gasteiger partial charge on any atom is 0.257 e. The summed E-state index contributed by atoms with van der Waals surface area (Å²) < 4.78 is 1.47. The lowest BCUT2D eigenvalue weighted by atomic mass is 10.1. The molecule has 1 heterocycles. The first-order chi connectivity index (χ1) is 9.10. The number of carbonyl (C=O) groups excluding carboxylic acids is 1. The third-order valence-corrected chi connectivity index (χ3v) is 2.75. The normalized spacial score (nSPS) is 9.95. The third kappa shape index (κ3) is 2.99. The highest BCUT2D eigenvalue weighted by molar-refractivity contribution is 6.04. The summed E-state index contributed by atoms with van der Waals surface area (Å²) in [6.07, 6.45) is 1.65. The van der Waals surface area contributed by atoms with Crippen LogP contribution in [-0.4, -0.2) is 15.7 Å². The zero-order chi connectivity index (χ0) is 13.8. The van der Waals surface area contributed by atoms with Gasteiger partial charge in [0.2, 0.25) is 0 Å². The number of nitrogens with zero attached hydrogens (tertiary/aromatic N) is 3. The van der Waals surface area contributed by atoms with Gasteiger partial charge in [-0.05, 0) is 25.5 Å². The Kier molecular flexibility index (Phi) is 3.62. The van der Waals surface area contributed by atoms with Gasteiger partial charge in [-0.15, -0.1) is 0 Å². The molecule has 0 radical (unpaired) electrons. The van der Waals surface area contributed by atoms with Crippen LogP contribution in [0.1, 0.15) is 21.5 Å². The van der Waals surface area contributed by atoms with Crippen molar-refractivity contribution in [2.45, 2.75) is 20.4 Å². The highest BCUT2D eigenvalue weighted by Crippen LogP contribution is 2.13. The molecule has 0 bridgehead atoms. The molecule has 0 spiro atoms. The van der Waals surface area contributed by atoms with E-state index in [1.165, 1.54) is 4.68 Å². The van der Waals surface area contributed by atoms with E-state index in [2.05, 4.69) is 10.4 Å². The number of aromatic nitrogens is 2. The molecule has 0 saturated carbocycles. The number of anilines is 1. The van der Waals surface area contributed by atoms with Crippen LogP contribution in [0.25, 0.3) is 0 Å². The lowest BCUT2D eigenvalue weighted by Gasteiger charge is -2.06. The summed E-state index contributed by atoms with van der Waals surface area (Å²) in [7, 11) is 0. The van der Waals surface area contributed by atoms with Gasteiger partial charge in [-0.25, -0.2) is 0 Å². The molecule has 0 saturated heterocycles. The van der Waals surface area contributed by atoms with Crippen LogP contribution in [0, 0.1) is 25.2 Å². The van der Waals surface area contributed by atoms with E-state index in [1.54, 1.807) is 12.3 Å². The molecule has 2 aromatic rings. The van der Waals surface area contributed by atoms with E-state index in [0.29, 0.717) is 11.4 Å². The lowest BCUT2D eigenvalue weighted by Crippen LogP contribution is -2.14. The van der Waals surface area contributed by atoms with Gasteiger partial charge in [0.25, 0.3) is 5.91 Å². The predicted molar refractivity (Wildman–Crippen MR) is 71.7 cm³/mol. The van der Waals surface area contributed by atoms with Crippen LogP contribution in [-0.2, 0) is 6.54 Å². The second kappa shape index (κ2) is 5.36. The highest BCUT2D eigenvalue weighted by Gasteiger charge is 2.10. The number of carbonyl (C=O) groups is 1. The van der Waals surface area contributed by atoms with E-state index in [1.807, 2.05) is 38.1 Å². The van der Waals surface area contributed by atoms with Gasteiger partial charge >= 0.3 is 0 Å². The summed E-state index contributed by atoms with van der Waals surface area (Å²) >= 11 is 0. The number of aryl methyl sites for hydroxylation is 2. The standard InChI is InChI=1S/C14H14N4O/c1-10-3-4-11(2)12(9-10)14(19)16-13-5-7-18(17-13)8-6-15/h3-5,7,9H,8H2,1-2H3,(H,16,17,19). The Morgan fingerprint density at radius 1 is 1.42 bits per heavy atom. The first-order valence-electron chi connectivity index (χ1n) is 5.89. The molecular weight excluding hydrogens is 240 g/mol. The van der Waals surface area contributed by atoms with Crippen molar-refractivity contribution in [1.82, 2.24) is 9.78 Å². The molecule has 0 aliphatic heterocycles. The SMILES string of the molecule is Cc1ccc(C)c(C(=O)Nc2ccn(CC#N)n2)c1. The average Bonchev–Trinajstić information content (AvgIpc) is 2.80. The predicted octanol–water partition coefficient (Wildman–Crippen LogP) is 2.28. The molecule has 0 aliphatic rings. The highest BCUT2D eigenvalue weighted by atomic mass is 16.1. The van der Waals surface area contributed by atoms with Crippen molar-refractivity contribution in [2.75, 3.05) is 5.32 Å². The van der Waals surface area contributed by atoms with Crippen LogP contribution in [0.15, 0.2) is 30.5 Å². The third-order valence-electron chi connectivity index (χ3n) is 2.75. The van der Waals surface area contributed by atoms with E-state index in [-0.39, 0.29) is 12.5 Å². The van der Waals surface area contributed by atoms with Crippen LogP contribution < -0.4 is 5.32 Å². The maximum atomic E-state index is 12.1. The average molecular weight is 254 g/mol. The second-order valence-electron chi connectivity index (χ2n) is 4.33. The number of nitrogens with one attached hydrogen (secondary N) is 1. The van der Waals surface area contributed by atoms with Crippen molar-refractivity contribution in [2.24, 2.45) is 0 Å². The number of nitriles is 1. The number of hydrogen-bond donors (Lipinski definition) is 1. The van der Waals surface area contributed by atoms with Crippen LogP contribution in [0.2, 0.25) is 0 Å². The van der Waals surface area contributed by atoms with Gasteiger partial charge in [-0.3, -0.25) is 9.48 Å². The van der Waals surface area contributed by atoms with Gasteiger partial charge in [0.1, 0.15) is 6.54 Å². The van der Waals surface area contributed by atoms with Crippen molar-refractivity contribution in [3.05, 3.63) is 47.2 Å². The molecule has 5 heteroatoms. The summed E-state index contributed by atoms with van der Waals surface area (Å²) in [5.41, 5.74) is 2.58. The fourth-order valence-corrected chi connectivity index (χ4v) is 1.75. The van der Waals surface area contributed by atoms with Crippen LogP contribution in [0.4, 0.5) is 5.82 Å². The fourth-order valence-electron chi connectivity index (χ4n) is 1.75. The zero-order valence-corrected chi connectivity index (χ0v) is 10.8. The molecular formula is C14H14N4O.